The smallest absolute Gasteiger partial charge is 0.245 e. The molecule has 13 nitrogen and oxygen atoms in total. The summed E-state index contributed by atoms with van der Waals surface area (Å²) in [4.78, 5) is 70.4. The lowest BCUT2D eigenvalue weighted by Crippen LogP contribution is -2.58. The predicted molar refractivity (Wildman–Crippen MR) is 198 cm³/mol. The van der Waals surface area contributed by atoms with Crippen molar-refractivity contribution in [1.82, 2.24) is 26.2 Å². The number of hydrogen-bond acceptors (Lipinski definition) is 8. The number of methoxy groups -OCH3 is 1. The van der Waals surface area contributed by atoms with E-state index < -0.39 is 29.9 Å². The summed E-state index contributed by atoms with van der Waals surface area (Å²) in [6.07, 6.45) is 3.99. The number of carbonyl (C=O) groups excluding carboxylic acids is 5. The van der Waals surface area contributed by atoms with Crippen molar-refractivity contribution in [2.45, 2.75) is 89.9 Å². The van der Waals surface area contributed by atoms with Crippen LogP contribution in [0.3, 0.4) is 0 Å². The van der Waals surface area contributed by atoms with E-state index in [4.69, 9.17) is 14.2 Å². The molecule has 53 heavy (non-hydrogen) atoms. The van der Waals surface area contributed by atoms with Gasteiger partial charge in [-0.25, -0.2) is 0 Å². The van der Waals surface area contributed by atoms with E-state index in [9.17, 15) is 24.0 Å². The van der Waals surface area contributed by atoms with Crippen molar-refractivity contribution < 1.29 is 38.2 Å². The van der Waals surface area contributed by atoms with Crippen LogP contribution in [-0.4, -0.2) is 98.6 Å². The van der Waals surface area contributed by atoms with Gasteiger partial charge in [0.2, 0.25) is 29.5 Å². The molecule has 288 valence electrons. The Morgan fingerprint density at radius 2 is 1.62 bits per heavy atom. The van der Waals surface area contributed by atoms with E-state index in [2.05, 4.69) is 35.1 Å². The van der Waals surface area contributed by atoms with Crippen LogP contribution in [0.15, 0.2) is 48.5 Å². The second kappa shape index (κ2) is 18.9. The topological polar surface area (TPSA) is 164 Å². The fraction of sp³-hybridized carbons (Fsp3) is 0.575. The largest absolute Gasteiger partial charge is 0.497 e. The summed E-state index contributed by atoms with van der Waals surface area (Å²) < 4.78 is 16.9. The van der Waals surface area contributed by atoms with Gasteiger partial charge in [-0.1, -0.05) is 38.1 Å². The maximum Gasteiger partial charge on any atom is 0.245 e. The molecule has 2 bridgehead atoms. The molecule has 5 amide bonds. The Balaban J connectivity index is 1.45. The number of rotatable bonds is 9. The van der Waals surface area contributed by atoms with Crippen LogP contribution in [0.2, 0.25) is 0 Å². The average molecular weight is 734 g/mol. The summed E-state index contributed by atoms with van der Waals surface area (Å²) in [5.74, 6) is -0.505. The van der Waals surface area contributed by atoms with E-state index in [1.807, 2.05) is 12.1 Å². The van der Waals surface area contributed by atoms with Gasteiger partial charge in [0.15, 0.2) is 0 Å². The van der Waals surface area contributed by atoms with Crippen LogP contribution in [0.5, 0.6) is 11.5 Å². The normalized spacial score (nSPS) is 24.1. The maximum absolute atomic E-state index is 14.2. The highest BCUT2D eigenvalue weighted by molar-refractivity contribution is 5.95. The summed E-state index contributed by atoms with van der Waals surface area (Å²) >= 11 is 0. The van der Waals surface area contributed by atoms with Gasteiger partial charge in [0.1, 0.15) is 36.2 Å². The molecule has 3 heterocycles. The van der Waals surface area contributed by atoms with E-state index in [0.29, 0.717) is 56.4 Å². The van der Waals surface area contributed by atoms with Gasteiger partial charge in [0, 0.05) is 38.5 Å². The van der Waals surface area contributed by atoms with Gasteiger partial charge in [-0.15, -0.1) is 0 Å². The minimum Gasteiger partial charge on any atom is -0.497 e. The minimum absolute atomic E-state index is 0.112. The summed E-state index contributed by atoms with van der Waals surface area (Å²) in [5, 5.41) is 11.8. The third-order valence-corrected chi connectivity index (χ3v) is 9.94. The lowest BCUT2D eigenvalue weighted by Gasteiger charge is -2.29. The Kier molecular flexibility index (Phi) is 14.1. The first-order chi connectivity index (χ1) is 25.5. The molecule has 2 fully saturated rings. The first kappa shape index (κ1) is 39.6. The van der Waals surface area contributed by atoms with Crippen LogP contribution in [0.1, 0.15) is 64.0 Å². The molecule has 2 aromatic carbocycles. The third kappa shape index (κ3) is 12.2. The number of ether oxygens (including phenoxy) is 3. The molecular formula is C40H55N5O8. The Bertz CT molecular complexity index is 1560. The molecule has 1 saturated heterocycles. The van der Waals surface area contributed by atoms with Gasteiger partial charge in [-0.2, -0.15) is 0 Å². The summed E-state index contributed by atoms with van der Waals surface area (Å²) in [6, 6.07) is 11.1. The molecule has 4 N–H and O–H groups in total. The third-order valence-electron chi connectivity index (χ3n) is 9.94. The fourth-order valence-electron chi connectivity index (χ4n) is 6.77. The molecule has 6 rings (SSSR count). The van der Waals surface area contributed by atoms with E-state index in [1.165, 1.54) is 4.90 Å². The zero-order valence-electron chi connectivity index (χ0n) is 31.4. The highest BCUT2D eigenvalue weighted by Crippen LogP contribution is 2.30. The van der Waals surface area contributed by atoms with Crippen molar-refractivity contribution in [1.29, 1.82) is 0 Å². The number of nitrogens with zero attached hydrogens (tertiary/aromatic N) is 1. The lowest BCUT2D eigenvalue weighted by molar-refractivity contribution is -0.140. The van der Waals surface area contributed by atoms with Crippen molar-refractivity contribution >= 4 is 29.5 Å². The average Bonchev–Trinajstić information content (AvgIpc) is 3.97. The second-order valence-electron chi connectivity index (χ2n) is 15.0. The van der Waals surface area contributed by atoms with Crippen molar-refractivity contribution in [3.8, 4) is 11.5 Å². The number of benzene rings is 2. The molecule has 4 aliphatic rings. The number of carbonyl (C=O) groups is 5. The Hall–Kier alpha value is -4.65. The van der Waals surface area contributed by atoms with Crippen molar-refractivity contribution in [3.05, 3.63) is 59.7 Å². The highest BCUT2D eigenvalue weighted by Gasteiger charge is 2.34. The fourth-order valence-corrected chi connectivity index (χ4v) is 6.77. The van der Waals surface area contributed by atoms with Gasteiger partial charge in [-0.3, -0.25) is 24.0 Å². The molecule has 0 spiro atoms. The van der Waals surface area contributed by atoms with Gasteiger partial charge in [0.25, 0.3) is 0 Å². The van der Waals surface area contributed by atoms with Gasteiger partial charge >= 0.3 is 0 Å². The molecule has 0 unspecified atom stereocenters. The quantitative estimate of drug-likeness (QED) is 0.286. The zero-order valence-corrected chi connectivity index (χ0v) is 31.4. The van der Waals surface area contributed by atoms with Gasteiger partial charge < -0.3 is 40.4 Å². The van der Waals surface area contributed by atoms with Crippen LogP contribution < -0.4 is 30.7 Å². The summed E-state index contributed by atoms with van der Waals surface area (Å²) in [7, 11) is 1.56. The number of hydrogen-bond donors (Lipinski definition) is 4. The molecule has 4 atom stereocenters. The first-order valence-corrected chi connectivity index (χ1v) is 18.9. The van der Waals surface area contributed by atoms with Gasteiger partial charge in [0.05, 0.1) is 19.7 Å². The summed E-state index contributed by atoms with van der Waals surface area (Å²) in [5.41, 5.74) is 1.53. The highest BCUT2D eigenvalue weighted by atomic mass is 16.5. The molecule has 3 aliphatic heterocycles. The molecule has 1 saturated carbocycles. The van der Waals surface area contributed by atoms with Crippen LogP contribution in [0.4, 0.5) is 0 Å². The van der Waals surface area contributed by atoms with Crippen LogP contribution >= 0.6 is 0 Å². The SMILES string of the molecule is COc1ccc(C[C@@H]2NC(=O)[C@@H](NC(=O)C3CCOCC3)Cc3ccc(cc3)OC[C@H](CC(C)C)NC(=O)CN(CC3CC3)C(=O)[C@@H](C)NC2=O)cc1. The Morgan fingerprint density at radius 3 is 2.26 bits per heavy atom. The molecule has 0 radical (unpaired) electrons. The number of fused-ring (bicyclic) bond motifs is 17. The van der Waals surface area contributed by atoms with E-state index in [-0.39, 0.29) is 61.6 Å². The van der Waals surface area contributed by atoms with Gasteiger partial charge in [-0.05, 0) is 86.3 Å². The van der Waals surface area contributed by atoms with Crippen LogP contribution in [0, 0.1) is 17.8 Å². The second-order valence-corrected chi connectivity index (χ2v) is 15.0. The first-order valence-electron chi connectivity index (χ1n) is 18.9. The summed E-state index contributed by atoms with van der Waals surface area (Å²) in [6.45, 7) is 7.15. The van der Waals surface area contributed by atoms with Crippen LogP contribution in [-0.2, 0) is 41.6 Å². The monoisotopic (exact) mass is 733 g/mol. The lowest BCUT2D eigenvalue weighted by atomic mass is 9.97. The van der Waals surface area contributed by atoms with Crippen LogP contribution in [0.25, 0.3) is 0 Å². The van der Waals surface area contributed by atoms with Crippen molar-refractivity contribution in [2.24, 2.45) is 17.8 Å². The standard InChI is InChI=1S/C40H55N5O8/c1-25(2)19-31-24-53-33-13-9-28(10-14-33)21-35(43-37(47)30-15-17-52-18-16-30)39(49)44-34(20-27-7-11-32(51-4)12-8-27)38(48)41-26(3)40(50)45(22-29-5-6-29)23-36(46)42-31/h7-14,25-26,29-31,34-35H,5-6,15-24H2,1-4H3,(H,41,48)(H,42,46)(H,43,47)(H,44,49)/t26-,31+,34+,35+/m1/s1. The molecule has 2 aromatic rings. The predicted octanol–water partition coefficient (Wildman–Crippen LogP) is 2.54. The van der Waals surface area contributed by atoms with E-state index >= 15 is 0 Å². The molecular weight excluding hydrogens is 678 g/mol. The maximum atomic E-state index is 14.2. The van der Waals surface area contributed by atoms with E-state index in [1.54, 1.807) is 50.4 Å². The Labute approximate surface area is 312 Å². The minimum atomic E-state index is -1.09. The Morgan fingerprint density at radius 1 is 0.925 bits per heavy atom. The number of amides is 5. The number of nitrogens with one attached hydrogen (secondary N) is 4. The zero-order chi connectivity index (χ0) is 37.9. The molecule has 1 aliphatic carbocycles. The van der Waals surface area contributed by atoms with Crippen molar-refractivity contribution in [2.75, 3.05) is 40.0 Å². The molecule has 0 aromatic heterocycles. The van der Waals surface area contributed by atoms with Crippen molar-refractivity contribution in [3.63, 3.8) is 0 Å². The van der Waals surface area contributed by atoms with E-state index in [0.717, 1.165) is 24.0 Å². The molecule has 13 heteroatoms.